The molecule has 0 N–H and O–H groups in total. The number of benzene rings is 2. The summed E-state index contributed by atoms with van der Waals surface area (Å²) in [5, 5.41) is 0. The summed E-state index contributed by atoms with van der Waals surface area (Å²) in [6, 6.07) is 7.97. The second-order valence-electron chi connectivity index (χ2n) is 9.42. The van der Waals surface area contributed by atoms with Gasteiger partial charge in [0.1, 0.15) is 11.5 Å². The molecule has 0 bridgehead atoms. The molecule has 6 heteroatoms. The summed E-state index contributed by atoms with van der Waals surface area (Å²) in [6.07, 6.45) is 13.0. The molecular formula is C33H38O6. The van der Waals surface area contributed by atoms with E-state index in [4.69, 9.17) is 14.2 Å². The SMILES string of the molecule is C=CCCCCOC(=O)c1cc(OCCCCC=C)c2c(c1)C(=O)c1cccc(OCCCCC=C)c1C2=O. The zero-order chi connectivity index (χ0) is 28.0. The minimum Gasteiger partial charge on any atom is -0.493 e. The number of fused-ring (bicyclic) bond motifs is 2. The number of hydrogen-bond acceptors (Lipinski definition) is 6. The number of hydrogen-bond donors (Lipinski definition) is 0. The maximum absolute atomic E-state index is 13.9. The first-order valence-corrected chi connectivity index (χ1v) is 13.7. The van der Waals surface area contributed by atoms with Crippen molar-refractivity contribution in [3.63, 3.8) is 0 Å². The molecule has 0 spiro atoms. The molecule has 0 atom stereocenters. The lowest BCUT2D eigenvalue weighted by atomic mass is 9.82. The average Bonchev–Trinajstić information content (AvgIpc) is 2.95. The van der Waals surface area contributed by atoms with Crippen LogP contribution in [0.1, 0.15) is 100.0 Å². The molecule has 0 heterocycles. The molecule has 3 rings (SSSR count). The summed E-state index contributed by atoms with van der Waals surface area (Å²) in [5.41, 5.74) is 0.952. The Kier molecular flexibility index (Phi) is 11.8. The maximum atomic E-state index is 13.9. The van der Waals surface area contributed by atoms with Gasteiger partial charge in [-0.15, -0.1) is 19.7 Å². The standard InChI is InChI=1S/C33H38O6/c1-4-7-10-13-19-37-27-18-16-17-25-29(27)32(35)30-26(31(25)34)22-24(33(36)39-21-15-12-9-6-3)23-28(30)38-20-14-11-8-5-2/h4-6,16-18,22-23H,1-3,7-15,19-21H2. The third-order valence-electron chi connectivity index (χ3n) is 6.46. The molecule has 6 nitrogen and oxygen atoms in total. The number of unbranched alkanes of at least 4 members (excludes halogenated alkanes) is 6. The topological polar surface area (TPSA) is 78.9 Å². The van der Waals surface area contributed by atoms with Crippen LogP contribution in [0.2, 0.25) is 0 Å². The van der Waals surface area contributed by atoms with E-state index in [-0.39, 0.29) is 51.7 Å². The van der Waals surface area contributed by atoms with Gasteiger partial charge in [0.05, 0.1) is 36.5 Å². The summed E-state index contributed by atoms with van der Waals surface area (Å²) >= 11 is 0. The second-order valence-corrected chi connectivity index (χ2v) is 9.42. The Morgan fingerprint density at radius 1 is 0.667 bits per heavy atom. The van der Waals surface area contributed by atoms with Gasteiger partial charge in [0, 0.05) is 11.1 Å². The first-order chi connectivity index (χ1) is 19.0. The fraction of sp³-hybridized carbons (Fsp3) is 0.364. The number of esters is 1. The van der Waals surface area contributed by atoms with Gasteiger partial charge in [-0.25, -0.2) is 4.79 Å². The Hall–Kier alpha value is -3.93. The number of carbonyl (C=O) groups excluding carboxylic acids is 3. The quantitative estimate of drug-likeness (QED) is 0.0966. The van der Waals surface area contributed by atoms with E-state index in [1.54, 1.807) is 18.2 Å². The van der Waals surface area contributed by atoms with E-state index in [0.29, 0.717) is 25.4 Å². The van der Waals surface area contributed by atoms with Crippen LogP contribution in [0.3, 0.4) is 0 Å². The molecule has 2 aromatic carbocycles. The normalized spacial score (nSPS) is 11.8. The number of ether oxygens (including phenoxy) is 3. The number of carbonyl (C=O) groups is 3. The first kappa shape index (κ1) is 29.6. The van der Waals surface area contributed by atoms with Crippen LogP contribution >= 0.6 is 0 Å². The lowest BCUT2D eigenvalue weighted by Gasteiger charge is -2.23. The number of allylic oxidation sites excluding steroid dienone is 3. The smallest absolute Gasteiger partial charge is 0.338 e. The van der Waals surface area contributed by atoms with E-state index in [0.717, 1.165) is 51.4 Å². The van der Waals surface area contributed by atoms with Crippen molar-refractivity contribution in [2.45, 2.75) is 57.8 Å². The Morgan fingerprint density at radius 2 is 1.23 bits per heavy atom. The Bertz CT molecular complexity index is 1210. The highest BCUT2D eigenvalue weighted by atomic mass is 16.5. The first-order valence-electron chi connectivity index (χ1n) is 13.7. The summed E-state index contributed by atoms with van der Waals surface area (Å²) in [4.78, 5) is 40.4. The lowest BCUT2D eigenvalue weighted by Crippen LogP contribution is -2.24. The summed E-state index contributed by atoms with van der Waals surface area (Å²) in [6.45, 7) is 12.2. The van der Waals surface area contributed by atoms with Crippen LogP contribution < -0.4 is 9.47 Å². The molecule has 0 fully saturated rings. The van der Waals surface area contributed by atoms with Crippen molar-refractivity contribution in [3.05, 3.63) is 96.1 Å². The molecule has 0 aromatic heterocycles. The van der Waals surface area contributed by atoms with Crippen molar-refractivity contribution < 1.29 is 28.6 Å². The fourth-order valence-corrected chi connectivity index (χ4v) is 4.39. The molecule has 0 saturated carbocycles. The fourth-order valence-electron chi connectivity index (χ4n) is 4.39. The summed E-state index contributed by atoms with van der Waals surface area (Å²) in [7, 11) is 0. The van der Waals surface area contributed by atoms with Crippen molar-refractivity contribution in [1.29, 1.82) is 0 Å². The van der Waals surface area contributed by atoms with Gasteiger partial charge in [-0.1, -0.05) is 30.4 Å². The zero-order valence-electron chi connectivity index (χ0n) is 22.7. The Balaban J connectivity index is 1.92. The van der Waals surface area contributed by atoms with Gasteiger partial charge in [-0.3, -0.25) is 9.59 Å². The van der Waals surface area contributed by atoms with Crippen LogP contribution in [-0.2, 0) is 4.74 Å². The molecular weight excluding hydrogens is 492 g/mol. The van der Waals surface area contributed by atoms with Crippen LogP contribution in [0.25, 0.3) is 0 Å². The average molecular weight is 531 g/mol. The molecule has 1 aliphatic carbocycles. The predicted molar refractivity (Wildman–Crippen MR) is 153 cm³/mol. The molecule has 1 aliphatic rings. The van der Waals surface area contributed by atoms with Crippen LogP contribution in [0, 0.1) is 0 Å². The van der Waals surface area contributed by atoms with E-state index < -0.39 is 5.97 Å². The van der Waals surface area contributed by atoms with Gasteiger partial charge in [-0.2, -0.15) is 0 Å². The largest absolute Gasteiger partial charge is 0.493 e. The highest BCUT2D eigenvalue weighted by Gasteiger charge is 2.36. The molecule has 39 heavy (non-hydrogen) atoms. The molecule has 0 saturated heterocycles. The maximum Gasteiger partial charge on any atom is 0.338 e. The minimum absolute atomic E-state index is 0.137. The third-order valence-corrected chi connectivity index (χ3v) is 6.46. The van der Waals surface area contributed by atoms with Gasteiger partial charge in [0.15, 0.2) is 5.78 Å². The van der Waals surface area contributed by atoms with E-state index in [9.17, 15) is 14.4 Å². The Morgan fingerprint density at radius 3 is 1.85 bits per heavy atom. The Labute approximate surface area is 231 Å². The molecule has 206 valence electrons. The van der Waals surface area contributed by atoms with Gasteiger partial charge >= 0.3 is 5.97 Å². The van der Waals surface area contributed by atoms with Crippen LogP contribution in [0.5, 0.6) is 11.5 Å². The van der Waals surface area contributed by atoms with E-state index in [2.05, 4.69) is 19.7 Å². The van der Waals surface area contributed by atoms with Gasteiger partial charge in [0.2, 0.25) is 5.78 Å². The molecule has 0 aliphatic heterocycles. The third kappa shape index (κ3) is 7.79. The minimum atomic E-state index is -0.560. The molecule has 0 radical (unpaired) electrons. The van der Waals surface area contributed by atoms with Crippen LogP contribution in [0.15, 0.2) is 68.3 Å². The zero-order valence-corrected chi connectivity index (χ0v) is 22.7. The van der Waals surface area contributed by atoms with Crippen LogP contribution in [0.4, 0.5) is 0 Å². The highest BCUT2D eigenvalue weighted by molar-refractivity contribution is 6.30. The summed E-state index contributed by atoms with van der Waals surface area (Å²) in [5.74, 6) is -0.694. The van der Waals surface area contributed by atoms with Gasteiger partial charge in [-0.05, 0) is 76.0 Å². The highest BCUT2D eigenvalue weighted by Crippen LogP contribution is 2.38. The van der Waals surface area contributed by atoms with E-state index >= 15 is 0 Å². The van der Waals surface area contributed by atoms with E-state index in [1.807, 2.05) is 18.2 Å². The number of rotatable bonds is 18. The van der Waals surface area contributed by atoms with Crippen molar-refractivity contribution in [2.24, 2.45) is 0 Å². The molecule has 2 aromatic rings. The monoisotopic (exact) mass is 530 g/mol. The van der Waals surface area contributed by atoms with Crippen molar-refractivity contribution in [1.82, 2.24) is 0 Å². The summed E-state index contributed by atoms with van der Waals surface area (Å²) < 4.78 is 17.4. The van der Waals surface area contributed by atoms with Crippen molar-refractivity contribution in [3.8, 4) is 11.5 Å². The second kappa shape index (κ2) is 15.5. The number of ketones is 2. The molecule has 0 unspecified atom stereocenters. The van der Waals surface area contributed by atoms with Crippen molar-refractivity contribution in [2.75, 3.05) is 19.8 Å². The lowest BCUT2D eigenvalue weighted by molar-refractivity contribution is 0.0497. The van der Waals surface area contributed by atoms with Crippen LogP contribution in [-0.4, -0.2) is 37.4 Å². The van der Waals surface area contributed by atoms with Crippen molar-refractivity contribution >= 4 is 17.5 Å². The molecule has 0 amide bonds. The van der Waals surface area contributed by atoms with E-state index in [1.165, 1.54) is 12.1 Å². The predicted octanol–water partition coefficient (Wildman–Crippen LogP) is 7.45. The van der Waals surface area contributed by atoms with Gasteiger partial charge < -0.3 is 14.2 Å². The van der Waals surface area contributed by atoms with Gasteiger partial charge in [0.25, 0.3) is 0 Å².